The molecule has 0 aromatic rings. The molecule has 1 spiro atoms. The highest BCUT2D eigenvalue weighted by Gasteiger charge is 2.76. The largest absolute Gasteiger partial charge is 0.462 e. The van der Waals surface area contributed by atoms with Crippen LogP contribution in [0.1, 0.15) is 26.7 Å². The number of carbonyl (C=O) groups excluding carboxylic acids is 2. The number of aliphatic hydroxyl groups is 2. The van der Waals surface area contributed by atoms with Crippen LogP contribution in [0.15, 0.2) is 23.8 Å². The van der Waals surface area contributed by atoms with Crippen LogP contribution in [-0.4, -0.2) is 53.0 Å². The first-order chi connectivity index (χ1) is 12.2. The molecule has 2 heterocycles. The van der Waals surface area contributed by atoms with Gasteiger partial charge < -0.3 is 19.7 Å². The Labute approximate surface area is 151 Å². The molecule has 9 atom stereocenters. The Kier molecular flexibility index (Phi) is 3.11. The van der Waals surface area contributed by atoms with Gasteiger partial charge in [0, 0.05) is 22.7 Å². The average molecular weight is 360 g/mol. The molecule has 4 fully saturated rings. The standard InChI is InChI=1S/C20H24O6/c1-8-4-12(21)18(24)19(3)10(8)5-13-20-7-25-16(17(19)20)15(23)9(2)11(20)6-14(22)26-13/h4,10-11,13,15-18,23-24H,2,5-7H2,1,3H3/t10-,11-,13+,15+,16-,17+,18+,19-,20+/m0/s1. The van der Waals surface area contributed by atoms with Crippen LogP contribution in [0.2, 0.25) is 0 Å². The van der Waals surface area contributed by atoms with Crippen molar-refractivity contribution in [2.45, 2.75) is 51.1 Å². The molecule has 2 N–H and O–H groups in total. The molecule has 0 radical (unpaired) electrons. The van der Waals surface area contributed by atoms with Crippen molar-refractivity contribution >= 4 is 11.8 Å². The van der Waals surface area contributed by atoms with E-state index in [1.807, 2.05) is 13.8 Å². The predicted molar refractivity (Wildman–Crippen MR) is 89.8 cm³/mol. The lowest BCUT2D eigenvalue weighted by Crippen LogP contribution is -2.71. The van der Waals surface area contributed by atoms with Gasteiger partial charge in [0.25, 0.3) is 0 Å². The highest BCUT2D eigenvalue weighted by Crippen LogP contribution is 2.71. The van der Waals surface area contributed by atoms with Crippen LogP contribution in [0.5, 0.6) is 0 Å². The van der Waals surface area contributed by atoms with Crippen molar-refractivity contribution in [2.24, 2.45) is 28.6 Å². The maximum atomic E-state index is 12.5. The Hall–Kier alpha value is -1.50. The number of hydrogen-bond donors (Lipinski definition) is 2. The van der Waals surface area contributed by atoms with Crippen LogP contribution < -0.4 is 0 Å². The molecule has 3 aliphatic carbocycles. The molecule has 0 aromatic heterocycles. The average Bonchev–Trinajstić information content (AvgIpc) is 2.95. The van der Waals surface area contributed by atoms with Crippen molar-refractivity contribution in [3.05, 3.63) is 23.8 Å². The maximum absolute atomic E-state index is 12.5. The lowest BCUT2D eigenvalue weighted by Gasteiger charge is -2.65. The third-order valence-corrected chi connectivity index (χ3v) is 8.11. The summed E-state index contributed by atoms with van der Waals surface area (Å²) in [6.45, 7) is 8.26. The third kappa shape index (κ3) is 1.60. The highest BCUT2D eigenvalue weighted by atomic mass is 16.6. The van der Waals surface area contributed by atoms with E-state index >= 15 is 0 Å². The van der Waals surface area contributed by atoms with Crippen molar-refractivity contribution < 1.29 is 29.3 Å². The molecule has 140 valence electrons. The first-order valence-corrected chi connectivity index (χ1v) is 9.31. The zero-order valence-electron chi connectivity index (χ0n) is 15.0. The van der Waals surface area contributed by atoms with E-state index < -0.39 is 29.1 Å². The van der Waals surface area contributed by atoms with Gasteiger partial charge in [0.2, 0.25) is 0 Å². The van der Waals surface area contributed by atoms with Gasteiger partial charge in [-0.2, -0.15) is 0 Å². The number of aliphatic hydroxyl groups excluding tert-OH is 2. The summed E-state index contributed by atoms with van der Waals surface area (Å²) in [5, 5.41) is 21.8. The zero-order valence-corrected chi connectivity index (χ0v) is 15.0. The topological polar surface area (TPSA) is 93.1 Å². The van der Waals surface area contributed by atoms with Crippen LogP contribution in [0.3, 0.4) is 0 Å². The Bertz CT molecular complexity index is 770. The number of allylic oxidation sites excluding steroid dienone is 1. The molecular formula is C20H24O6. The Morgan fingerprint density at radius 3 is 2.73 bits per heavy atom. The summed E-state index contributed by atoms with van der Waals surface area (Å²) in [4.78, 5) is 24.8. The van der Waals surface area contributed by atoms with E-state index in [1.165, 1.54) is 6.08 Å². The molecule has 5 rings (SSSR count). The molecule has 6 heteroatoms. The van der Waals surface area contributed by atoms with Crippen LogP contribution in [0.4, 0.5) is 0 Å². The van der Waals surface area contributed by atoms with Gasteiger partial charge in [-0.1, -0.05) is 19.1 Å². The molecule has 0 aromatic carbocycles. The second-order valence-electron chi connectivity index (χ2n) is 8.97. The van der Waals surface area contributed by atoms with E-state index in [-0.39, 0.29) is 42.0 Å². The van der Waals surface area contributed by atoms with Crippen LogP contribution in [0.25, 0.3) is 0 Å². The van der Waals surface area contributed by atoms with Crippen LogP contribution >= 0.6 is 0 Å². The summed E-state index contributed by atoms with van der Waals surface area (Å²) in [5.74, 6) is -1.20. The Balaban J connectivity index is 1.75. The van der Waals surface area contributed by atoms with Gasteiger partial charge >= 0.3 is 5.97 Å². The number of rotatable bonds is 0. The second-order valence-corrected chi connectivity index (χ2v) is 8.97. The van der Waals surface area contributed by atoms with E-state index in [0.717, 1.165) is 5.57 Å². The fourth-order valence-electron chi connectivity index (χ4n) is 7.04. The number of ether oxygens (including phenoxy) is 2. The lowest BCUT2D eigenvalue weighted by atomic mass is 9.39. The molecule has 26 heavy (non-hydrogen) atoms. The normalized spacial score (nSPS) is 55.0. The van der Waals surface area contributed by atoms with Crippen molar-refractivity contribution in [1.29, 1.82) is 0 Å². The summed E-state index contributed by atoms with van der Waals surface area (Å²) in [6.07, 6.45) is -0.719. The Morgan fingerprint density at radius 1 is 1.27 bits per heavy atom. The molecule has 2 bridgehead atoms. The van der Waals surface area contributed by atoms with E-state index in [1.54, 1.807) is 0 Å². The zero-order chi connectivity index (χ0) is 18.6. The summed E-state index contributed by atoms with van der Waals surface area (Å²) >= 11 is 0. The number of hydrogen-bond acceptors (Lipinski definition) is 6. The molecule has 0 unspecified atom stereocenters. The van der Waals surface area contributed by atoms with Crippen LogP contribution in [-0.2, 0) is 19.1 Å². The SMILES string of the molecule is C=C1[C@@H](O)[C@@H]2OC[C@]34[C@H]2[C@@]2(C)[C@H](O)C(=O)C=C(C)[C@@H]2C[C@H]3OC(=O)C[C@@H]14. The van der Waals surface area contributed by atoms with Gasteiger partial charge in [-0.15, -0.1) is 0 Å². The third-order valence-electron chi connectivity index (χ3n) is 8.11. The van der Waals surface area contributed by atoms with Gasteiger partial charge in [-0.25, -0.2) is 0 Å². The van der Waals surface area contributed by atoms with Gasteiger partial charge in [0.1, 0.15) is 18.3 Å². The molecule has 5 aliphatic rings. The van der Waals surface area contributed by atoms with Gasteiger partial charge in [0.15, 0.2) is 5.78 Å². The Morgan fingerprint density at radius 2 is 2.00 bits per heavy atom. The molecule has 6 nitrogen and oxygen atoms in total. The molecule has 2 saturated heterocycles. The smallest absolute Gasteiger partial charge is 0.306 e. The van der Waals surface area contributed by atoms with E-state index in [4.69, 9.17) is 9.47 Å². The quantitative estimate of drug-likeness (QED) is 0.490. The molecular weight excluding hydrogens is 336 g/mol. The summed E-state index contributed by atoms with van der Waals surface area (Å²) in [5.41, 5.74) is 0.224. The first-order valence-electron chi connectivity index (χ1n) is 9.31. The van der Waals surface area contributed by atoms with E-state index in [9.17, 15) is 19.8 Å². The summed E-state index contributed by atoms with van der Waals surface area (Å²) in [6, 6.07) is 0. The number of ketones is 1. The summed E-state index contributed by atoms with van der Waals surface area (Å²) in [7, 11) is 0. The van der Waals surface area contributed by atoms with Crippen LogP contribution in [0, 0.1) is 28.6 Å². The maximum Gasteiger partial charge on any atom is 0.306 e. The summed E-state index contributed by atoms with van der Waals surface area (Å²) < 4.78 is 11.9. The van der Waals surface area contributed by atoms with E-state index in [0.29, 0.717) is 18.6 Å². The highest BCUT2D eigenvalue weighted by molar-refractivity contribution is 5.96. The molecule has 0 amide bonds. The van der Waals surface area contributed by atoms with Crippen molar-refractivity contribution in [2.75, 3.05) is 6.61 Å². The first kappa shape index (κ1) is 16.7. The fraction of sp³-hybridized carbons (Fsp3) is 0.700. The minimum Gasteiger partial charge on any atom is -0.462 e. The minimum absolute atomic E-state index is 0.104. The fourth-order valence-corrected chi connectivity index (χ4v) is 7.04. The van der Waals surface area contributed by atoms with Crippen molar-refractivity contribution in [3.63, 3.8) is 0 Å². The number of carbonyl (C=O) groups is 2. The van der Waals surface area contributed by atoms with Gasteiger partial charge in [-0.05, 0) is 30.9 Å². The van der Waals surface area contributed by atoms with Crippen molar-refractivity contribution in [1.82, 2.24) is 0 Å². The minimum atomic E-state index is -1.15. The molecule has 2 aliphatic heterocycles. The second kappa shape index (κ2) is 4.86. The number of esters is 1. The van der Waals surface area contributed by atoms with E-state index in [2.05, 4.69) is 6.58 Å². The predicted octanol–water partition coefficient (Wildman–Crippen LogP) is 0.766. The monoisotopic (exact) mass is 360 g/mol. The molecule has 2 saturated carbocycles. The van der Waals surface area contributed by atoms with Gasteiger partial charge in [-0.3, -0.25) is 9.59 Å². The van der Waals surface area contributed by atoms with Gasteiger partial charge in [0.05, 0.1) is 19.1 Å². The number of fused-ring (bicyclic) bond motifs is 1. The van der Waals surface area contributed by atoms with Crippen molar-refractivity contribution in [3.8, 4) is 0 Å². The lowest BCUT2D eigenvalue weighted by molar-refractivity contribution is -0.228.